The van der Waals surface area contributed by atoms with Gasteiger partial charge < -0.3 is 15.2 Å². The lowest BCUT2D eigenvalue weighted by Gasteiger charge is -2.35. The Hall–Kier alpha value is -1.62. The molecule has 19 heavy (non-hydrogen) atoms. The smallest absolute Gasteiger partial charge is 0.234 e. The van der Waals surface area contributed by atoms with Gasteiger partial charge in [-0.3, -0.25) is 0 Å². The molecule has 1 fully saturated rings. The van der Waals surface area contributed by atoms with E-state index in [-0.39, 0.29) is 5.41 Å². The molecule has 1 aliphatic carbocycles. The quantitative estimate of drug-likeness (QED) is 0.888. The Balaban J connectivity index is 1.88. The van der Waals surface area contributed by atoms with Crippen LogP contribution >= 0.6 is 0 Å². The minimum Gasteiger partial charge on any atom is -0.359 e. The van der Waals surface area contributed by atoms with Crippen LogP contribution in [0.1, 0.15) is 38.5 Å². The predicted octanol–water partition coefficient (Wildman–Crippen LogP) is 2.47. The van der Waals surface area contributed by atoms with E-state index in [9.17, 15) is 0 Å². The highest BCUT2D eigenvalue weighted by Crippen LogP contribution is 2.40. The highest BCUT2D eigenvalue weighted by Gasteiger charge is 2.39. The monoisotopic (exact) mass is 260 g/mol. The van der Waals surface area contributed by atoms with Crippen molar-refractivity contribution in [2.45, 2.75) is 38.0 Å². The van der Waals surface area contributed by atoms with Crippen LogP contribution in [0.25, 0.3) is 11.5 Å². The summed E-state index contributed by atoms with van der Waals surface area (Å²) in [7, 11) is 0. The first-order valence-electron chi connectivity index (χ1n) is 6.91. The second-order valence-corrected chi connectivity index (χ2v) is 5.67. The van der Waals surface area contributed by atoms with Gasteiger partial charge in [-0.15, -0.1) is 0 Å². The van der Waals surface area contributed by atoms with Gasteiger partial charge in [0.05, 0.1) is 11.1 Å². The summed E-state index contributed by atoms with van der Waals surface area (Å²) in [6, 6.07) is 3.86. The normalized spacial score (nSPS) is 27.6. The van der Waals surface area contributed by atoms with Crippen molar-refractivity contribution in [1.29, 1.82) is 0 Å². The number of H-pyrrole nitrogens is 1. The fourth-order valence-corrected chi connectivity index (χ4v) is 2.84. The molecule has 3 rings (SSSR count). The Bertz CT molecular complexity index is 523. The fraction of sp³-hybridized carbons (Fsp3) is 0.571. The number of nitrogens with two attached hydrogens (primary N) is 1. The Morgan fingerprint density at radius 3 is 2.89 bits per heavy atom. The van der Waals surface area contributed by atoms with E-state index in [0.29, 0.717) is 18.3 Å². The molecule has 0 spiro atoms. The van der Waals surface area contributed by atoms with Crippen LogP contribution in [-0.4, -0.2) is 21.7 Å². The number of aromatic nitrogens is 3. The molecular formula is C14H20N4O. The average molecular weight is 260 g/mol. The third-order valence-electron chi connectivity index (χ3n) is 4.34. The zero-order chi connectivity index (χ0) is 13.3. The summed E-state index contributed by atoms with van der Waals surface area (Å²) >= 11 is 0. The molecule has 2 aromatic heterocycles. The summed E-state index contributed by atoms with van der Waals surface area (Å²) in [5, 5.41) is 4.07. The first kappa shape index (κ1) is 12.4. The minimum absolute atomic E-state index is 0.121. The van der Waals surface area contributed by atoms with Gasteiger partial charge in [0.15, 0.2) is 0 Å². The van der Waals surface area contributed by atoms with Crippen LogP contribution in [0.4, 0.5) is 0 Å². The number of hydrogen-bond donors (Lipinski definition) is 2. The van der Waals surface area contributed by atoms with Gasteiger partial charge in [0.2, 0.25) is 11.7 Å². The second-order valence-electron chi connectivity index (χ2n) is 5.67. The van der Waals surface area contributed by atoms with Crippen molar-refractivity contribution in [3.8, 4) is 11.5 Å². The van der Waals surface area contributed by atoms with Crippen LogP contribution in [0.3, 0.4) is 0 Å². The van der Waals surface area contributed by atoms with E-state index in [2.05, 4.69) is 22.0 Å². The van der Waals surface area contributed by atoms with Gasteiger partial charge >= 0.3 is 0 Å². The molecule has 0 amide bonds. The minimum atomic E-state index is -0.121. The van der Waals surface area contributed by atoms with E-state index in [1.54, 1.807) is 0 Å². The SMILES string of the molecule is CC1CCC(CN)(c2nc(-c3ccc[nH]3)no2)CC1. The summed E-state index contributed by atoms with van der Waals surface area (Å²) in [5.41, 5.74) is 6.77. The van der Waals surface area contributed by atoms with Gasteiger partial charge in [-0.25, -0.2) is 0 Å². The molecule has 0 unspecified atom stereocenters. The van der Waals surface area contributed by atoms with Crippen molar-refractivity contribution in [2.24, 2.45) is 11.7 Å². The summed E-state index contributed by atoms with van der Waals surface area (Å²) in [6.45, 7) is 2.87. The van der Waals surface area contributed by atoms with Crippen LogP contribution in [-0.2, 0) is 5.41 Å². The number of aromatic amines is 1. The maximum Gasteiger partial charge on any atom is 0.234 e. The molecule has 3 N–H and O–H groups in total. The van der Waals surface area contributed by atoms with Gasteiger partial charge in [-0.1, -0.05) is 12.1 Å². The molecule has 5 heteroatoms. The number of nitrogens with one attached hydrogen (secondary N) is 1. The average Bonchev–Trinajstić information content (AvgIpc) is 3.11. The third-order valence-corrected chi connectivity index (χ3v) is 4.34. The summed E-state index contributed by atoms with van der Waals surface area (Å²) in [4.78, 5) is 7.65. The fourth-order valence-electron chi connectivity index (χ4n) is 2.84. The largest absolute Gasteiger partial charge is 0.359 e. The molecule has 0 aliphatic heterocycles. The van der Waals surface area contributed by atoms with Crippen molar-refractivity contribution in [1.82, 2.24) is 15.1 Å². The molecule has 5 nitrogen and oxygen atoms in total. The number of rotatable bonds is 3. The zero-order valence-electron chi connectivity index (χ0n) is 11.2. The second kappa shape index (κ2) is 4.81. The zero-order valence-corrected chi connectivity index (χ0v) is 11.2. The van der Waals surface area contributed by atoms with E-state index in [1.807, 2.05) is 18.3 Å². The Kier molecular flexibility index (Phi) is 3.14. The molecule has 2 aromatic rings. The van der Waals surface area contributed by atoms with E-state index in [0.717, 1.165) is 24.5 Å². The van der Waals surface area contributed by atoms with Crippen molar-refractivity contribution >= 4 is 0 Å². The van der Waals surface area contributed by atoms with Gasteiger partial charge in [-0.05, 0) is 43.7 Å². The van der Waals surface area contributed by atoms with E-state index in [1.165, 1.54) is 12.8 Å². The predicted molar refractivity (Wildman–Crippen MR) is 72.4 cm³/mol. The maximum absolute atomic E-state index is 6.01. The molecule has 1 aliphatic rings. The molecule has 0 bridgehead atoms. The number of hydrogen-bond acceptors (Lipinski definition) is 4. The Morgan fingerprint density at radius 2 is 2.26 bits per heavy atom. The first-order chi connectivity index (χ1) is 9.23. The summed E-state index contributed by atoms with van der Waals surface area (Å²) in [6.07, 6.45) is 6.29. The molecular weight excluding hydrogens is 240 g/mol. The molecule has 102 valence electrons. The first-order valence-corrected chi connectivity index (χ1v) is 6.91. The molecule has 0 atom stereocenters. The molecule has 0 aromatic carbocycles. The standard InChI is InChI=1S/C14H20N4O/c1-10-4-6-14(9-15,7-5-10)13-17-12(18-19-13)11-3-2-8-16-11/h2-3,8,10,16H,4-7,9,15H2,1H3. The van der Waals surface area contributed by atoms with Gasteiger partial charge in [-0.2, -0.15) is 4.98 Å². The van der Waals surface area contributed by atoms with Crippen LogP contribution < -0.4 is 5.73 Å². The van der Waals surface area contributed by atoms with Gasteiger partial charge in [0.1, 0.15) is 0 Å². The van der Waals surface area contributed by atoms with Crippen LogP contribution in [0.5, 0.6) is 0 Å². The van der Waals surface area contributed by atoms with E-state index in [4.69, 9.17) is 10.3 Å². The highest BCUT2D eigenvalue weighted by molar-refractivity contribution is 5.48. The lowest BCUT2D eigenvalue weighted by atomic mass is 9.71. The van der Waals surface area contributed by atoms with E-state index >= 15 is 0 Å². The van der Waals surface area contributed by atoms with Gasteiger partial charge in [0, 0.05) is 12.7 Å². The summed E-state index contributed by atoms with van der Waals surface area (Å²) < 4.78 is 5.50. The van der Waals surface area contributed by atoms with E-state index < -0.39 is 0 Å². The maximum atomic E-state index is 6.01. The molecule has 0 saturated heterocycles. The lowest BCUT2D eigenvalue weighted by Crippen LogP contribution is -2.39. The summed E-state index contributed by atoms with van der Waals surface area (Å²) in [5.74, 6) is 2.09. The van der Waals surface area contributed by atoms with Gasteiger partial charge in [0.25, 0.3) is 0 Å². The Labute approximate surface area is 112 Å². The van der Waals surface area contributed by atoms with Crippen molar-refractivity contribution in [3.05, 3.63) is 24.2 Å². The lowest BCUT2D eigenvalue weighted by molar-refractivity contribution is 0.191. The molecule has 1 saturated carbocycles. The Morgan fingerprint density at radius 1 is 1.47 bits per heavy atom. The molecule has 2 heterocycles. The van der Waals surface area contributed by atoms with Crippen molar-refractivity contribution in [3.63, 3.8) is 0 Å². The number of nitrogens with zero attached hydrogens (tertiary/aromatic N) is 2. The van der Waals surface area contributed by atoms with Crippen LogP contribution in [0.2, 0.25) is 0 Å². The van der Waals surface area contributed by atoms with Crippen LogP contribution in [0.15, 0.2) is 22.9 Å². The third kappa shape index (κ3) is 2.18. The highest BCUT2D eigenvalue weighted by atomic mass is 16.5. The topological polar surface area (TPSA) is 80.7 Å². The van der Waals surface area contributed by atoms with Crippen molar-refractivity contribution in [2.75, 3.05) is 6.54 Å². The van der Waals surface area contributed by atoms with Crippen LogP contribution in [0, 0.1) is 5.92 Å². The van der Waals surface area contributed by atoms with Crippen molar-refractivity contribution < 1.29 is 4.52 Å². The molecule has 0 radical (unpaired) electrons.